The summed E-state index contributed by atoms with van der Waals surface area (Å²) in [5, 5.41) is 5.45. The molecule has 0 saturated carbocycles. The molecule has 0 saturated heterocycles. The van der Waals surface area contributed by atoms with Gasteiger partial charge in [-0.25, -0.2) is 9.59 Å². The smallest absolute Gasteiger partial charge is 0.338 e. The van der Waals surface area contributed by atoms with Gasteiger partial charge in [-0.15, -0.1) is 0 Å². The van der Waals surface area contributed by atoms with Crippen molar-refractivity contribution in [2.24, 2.45) is 5.92 Å². The number of methoxy groups -OCH3 is 1. The second-order valence-electron chi connectivity index (χ2n) is 7.75. The molecule has 1 atom stereocenters. The largest absolute Gasteiger partial charge is 0.493 e. The van der Waals surface area contributed by atoms with Crippen LogP contribution >= 0.6 is 0 Å². The van der Waals surface area contributed by atoms with Crippen LogP contribution in [0.25, 0.3) is 0 Å². The Hall–Kier alpha value is -3.48. The molecule has 2 aromatic rings. The number of esters is 1. The molecule has 31 heavy (non-hydrogen) atoms. The van der Waals surface area contributed by atoms with Gasteiger partial charge >= 0.3 is 12.0 Å². The molecule has 164 valence electrons. The minimum Gasteiger partial charge on any atom is -0.493 e. The van der Waals surface area contributed by atoms with Gasteiger partial charge in [0, 0.05) is 5.70 Å². The van der Waals surface area contributed by atoms with Crippen LogP contribution < -0.4 is 20.1 Å². The monoisotopic (exact) mass is 424 g/mol. The van der Waals surface area contributed by atoms with E-state index in [0.717, 1.165) is 5.56 Å². The van der Waals surface area contributed by atoms with Gasteiger partial charge < -0.3 is 24.8 Å². The topological polar surface area (TPSA) is 85.9 Å². The molecule has 0 aromatic heterocycles. The minimum atomic E-state index is -0.662. The average molecular weight is 424 g/mol. The molecule has 0 spiro atoms. The van der Waals surface area contributed by atoms with E-state index in [0.29, 0.717) is 41.5 Å². The van der Waals surface area contributed by atoms with E-state index in [1.54, 1.807) is 26.2 Å². The van der Waals surface area contributed by atoms with Crippen LogP contribution in [0.1, 0.15) is 37.9 Å². The number of ether oxygens (including phenoxy) is 3. The van der Waals surface area contributed by atoms with Crippen molar-refractivity contribution in [3.63, 3.8) is 0 Å². The molecule has 0 radical (unpaired) electrons. The maximum absolute atomic E-state index is 12.8. The third kappa shape index (κ3) is 5.57. The third-order valence-corrected chi connectivity index (χ3v) is 4.79. The first-order valence-corrected chi connectivity index (χ1v) is 10.2. The molecule has 1 aliphatic heterocycles. The van der Waals surface area contributed by atoms with Crippen LogP contribution in [0.5, 0.6) is 11.5 Å². The summed E-state index contributed by atoms with van der Waals surface area (Å²) in [4.78, 5) is 24.9. The summed E-state index contributed by atoms with van der Waals surface area (Å²) in [6.45, 7) is 6.31. The van der Waals surface area contributed by atoms with Gasteiger partial charge in [0.1, 0.15) is 6.61 Å². The van der Waals surface area contributed by atoms with Crippen molar-refractivity contribution in [1.29, 1.82) is 0 Å². The number of carbonyl (C=O) groups excluding carboxylic acids is 2. The van der Waals surface area contributed by atoms with Gasteiger partial charge in [0.2, 0.25) is 0 Å². The van der Waals surface area contributed by atoms with Crippen LogP contribution in [-0.4, -0.2) is 25.7 Å². The van der Waals surface area contributed by atoms with Gasteiger partial charge in [-0.2, -0.15) is 0 Å². The van der Waals surface area contributed by atoms with E-state index in [4.69, 9.17) is 14.2 Å². The fourth-order valence-electron chi connectivity index (χ4n) is 3.25. The Morgan fingerprint density at radius 2 is 1.84 bits per heavy atom. The number of allylic oxidation sites excluding steroid dienone is 1. The maximum Gasteiger partial charge on any atom is 0.338 e. The van der Waals surface area contributed by atoms with E-state index in [9.17, 15) is 9.59 Å². The maximum atomic E-state index is 12.8. The second kappa shape index (κ2) is 10.0. The molecule has 2 amide bonds. The van der Waals surface area contributed by atoms with Crippen LogP contribution in [0.15, 0.2) is 59.8 Å². The van der Waals surface area contributed by atoms with Gasteiger partial charge in [0.15, 0.2) is 11.5 Å². The average Bonchev–Trinajstić information content (AvgIpc) is 2.76. The molecule has 3 rings (SSSR count). The van der Waals surface area contributed by atoms with Crippen molar-refractivity contribution < 1.29 is 23.8 Å². The number of benzene rings is 2. The van der Waals surface area contributed by atoms with Crippen LogP contribution in [0.4, 0.5) is 4.79 Å². The fourth-order valence-corrected chi connectivity index (χ4v) is 3.25. The quantitative estimate of drug-likeness (QED) is 0.623. The number of carbonyl (C=O) groups is 2. The number of hydrogen-bond acceptors (Lipinski definition) is 5. The van der Waals surface area contributed by atoms with Crippen molar-refractivity contribution in [2.75, 3.05) is 13.7 Å². The Labute approximate surface area is 182 Å². The second-order valence-corrected chi connectivity index (χ2v) is 7.75. The van der Waals surface area contributed by atoms with Crippen LogP contribution in [-0.2, 0) is 16.1 Å². The molecule has 7 nitrogen and oxygen atoms in total. The summed E-state index contributed by atoms with van der Waals surface area (Å²) in [6, 6.07) is 14.1. The van der Waals surface area contributed by atoms with Crippen LogP contribution in [0.2, 0.25) is 0 Å². The summed E-state index contributed by atoms with van der Waals surface area (Å²) >= 11 is 0. The standard InChI is InChI=1S/C24H28N2O5/c1-15(2)13-31-23(27)21-16(3)25-24(28)26-22(21)18-10-11-19(20(12-18)29-4)30-14-17-8-6-5-7-9-17/h5-12,15,22H,13-14H2,1-4H3,(H2,25,26,28). The Bertz CT molecular complexity index is 969. The molecule has 2 aromatic carbocycles. The van der Waals surface area contributed by atoms with Gasteiger partial charge in [0.25, 0.3) is 0 Å². The predicted octanol–water partition coefficient (Wildman–Crippen LogP) is 4.10. The minimum absolute atomic E-state index is 0.204. The summed E-state index contributed by atoms with van der Waals surface area (Å²) in [7, 11) is 1.55. The van der Waals surface area contributed by atoms with Gasteiger partial charge in [-0.05, 0) is 36.1 Å². The van der Waals surface area contributed by atoms with Crippen molar-refractivity contribution in [1.82, 2.24) is 10.6 Å². The molecule has 0 bridgehead atoms. The Morgan fingerprint density at radius 1 is 1.10 bits per heavy atom. The Balaban J connectivity index is 1.85. The zero-order valence-electron chi connectivity index (χ0n) is 18.2. The molecule has 0 aliphatic carbocycles. The van der Waals surface area contributed by atoms with Crippen LogP contribution in [0, 0.1) is 5.92 Å². The van der Waals surface area contributed by atoms with Gasteiger partial charge in [0.05, 0.1) is 25.3 Å². The number of nitrogens with one attached hydrogen (secondary N) is 2. The Morgan fingerprint density at radius 3 is 2.52 bits per heavy atom. The first kappa shape index (κ1) is 22.2. The van der Waals surface area contributed by atoms with E-state index in [1.165, 1.54) is 0 Å². The van der Waals surface area contributed by atoms with Gasteiger partial charge in [-0.3, -0.25) is 0 Å². The summed E-state index contributed by atoms with van der Waals surface area (Å²) in [5.41, 5.74) is 2.55. The highest BCUT2D eigenvalue weighted by molar-refractivity contribution is 5.95. The number of amides is 2. The lowest BCUT2D eigenvalue weighted by atomic mass is 9.95. The highest BCUT2D eigenvalue weighted by Crippen LogP contribution is 2.35. The predicted molar refractivity (Wildman–Crippen MR) is 117 cm³/mol. The number of hydrogen-bond donors (Lipinski definition) is 2. The molecular weight excluding hydrogens is 396 g/mol. The first-order chi connectivity index (χ1) is 14.9. The normalized spacial score (nSPS) is 15.9. The van der Waals surface area contributed by atoms with Crippen LogP contribution in [0.3, 0.4) is 0 Å². The van der Waals surface area contributed by atoms with E-state index < -0.39 is 12.0 Å². The van der Waals surface area contributed by atoms with Crippen molar-refractivity contribution in [2.45, 2.75) is 33.4 Å². The number of rotatable bonds is 8. The lowest BCUT2D eigenvalue weighted by Gasteiger charge is -2.28. The van der Waals surface area contributed by atoms with Gasteiger partial charge in [-0.1, -0.05) is 50.2 Å². The Kier molecular flexibility index (Phi) is 7.18. The molecule has 1 unspecified atom stereocenters. The summed E-state index contributed by atoms with van der Waals surface area (Å²) in [5.74, 6) is 0.816. The SMILES string of the molecule is COc1cc(C2NC(=O)NC(C)=C2C(=O)OCC(C)C)ccc1OCc1ccccc1. The zero-order valence-corrected chi connectivity index (χ0v) is 18.2. The number of urea groups is 1. The molecule has 1 aliphatic rings. The third-order valence-electron chi connectivity index (χ3n) is 4.79. The van der Waals surface area contributed by atoms with E-state index in [1.807, 2.05) is 50.2 Å². The van der Waals surface area contributed by atoms with E-state index in [2.05, 4.69) is 10.6 Å². The zero-order chi connectivity index (χ0) is 22.4. The highest BCUT2D eigenvalue weighted by atomic mass is 16.5. The fraction of sp³-hybridized carbons (Fsp3) is 0.333. The summed E-state index contributed by atoms with van der Waals surface area (Å²) in [6.07, 6.45) is 0. The molecule has 2 N–H and O–H groups in total. The highest BCUT2D eigenvalue weighted by Gasteiger charge is 2.32. The lowest BCUT2D eigenvalue weighted by molar-refractivity contribution is -0.140. The lowest BCUT2D eigenvalue weighted by Crippen LogP contribution is -2.45. The molecule has 1 heterocycles. The molecule has 7 heteroatoms. The van der Waals surface area contributed by atoms with Crippen molar-refractivity contribution >= 4 is 12.0 Å². The van der Waals surface area contributed by atoms with Crippen molar-refractivity contribution in [3.05, 3.63) is 70.9 Å². The summed E-state index contributed by atoms with van der Waals surface area (Å²) < 4.78 is 16.8. The van der Waals surface area contributed by atoms with Crippen molar-refractivity contribution in [3.8, 4) is 11.5 Å². The van der Waals surface area contributed by atoms with E-state index >= 15 is 0 Å². The molecule has 0 fully saturated rings. The molecular formula is C24H28N2O5. The first-order valence-electron chi connectivity index (χ1n) is 10.2. The van der Waals surface area contributed by atoms with E-state index in [-0.39, 0.29) is 11.9 Å².